The molecule has 1 aliphatic heterocycles. The number of aliphatic imine (C=N–C) groups is 1. The molecule has 0 fully saturated rings. The summed E-state index contributed by atoms with van der Waals surface area (Å²) >= 11 is 0. The van der Waals surface area contributed by atoms with Gasteiger partial charge in [0.05, 0.1) is 17.6 Å². The summed E-state index contributed by atoms with van der Waals surface area (Å²) in [4.78, 5) is 30.4. The molecule has 10 heteroatoms. The summed E-state index contributed by atoms with van der Waals surface area (Å²) in [6.07, 6.45) is 5.35. The topological polar surface area (TPSA) is 97.4 Å². The van der Waals surface area contributed by atoms with E-state index in [1.54, 1.807) is 0 Å². The molecule has 0 bridgehead atoms. The van der Waals surface area contributed by atoms with Crippen LogP contribution in [0.1, 0.15) is 16.8 Å². The van der Waals surface area contributed by atoms with Crippen molar-refractivity contribution in [1.29, 1.82) is 0 Å². The van der Waals surface area contributed by atoms with Crippen LogP contribution in [0.5, 0.6) is 0 Å². The fourth-order valence-corrected chi connectivity index (χ4v) is 3.40. The fraction of sp³-hybridized carbons (Fsp3) is 0.150. The average Bonchev–Trinajstić information content (AvgIpc) is 2.99. The molecule has 2 N–H and O–H groups in total. The van der Waals surface area contributed by atoms with Crippen LogP contribution in [0.3, 0.4) is 0 Å². The third-order valence-corrected chi connectivity index (χ3v) is 4.90. The van der Waals surface area contributed by atoms with Crippen molar-refractivity contribution in [3.8, 4) is 11.3 Å². The van der Waals surface area contributed by atoms with E-state index in [9.17, 15) is 13.6 Å². The molecule has 1 atom stereocenters. The molecule has 1 aromatic carbocycles. The maximum Gasteiger partial charge on any atom is 0.266 e. The van der Waals surface area contributed by atoms with E-state index in [-0.39, 0.29) is 34.0 Å². The van der Waals surface area contributed by atoms with Gasteiger partial charge in [-0.2, -0.15) is 0 Å². The van der Waals surface area contributed by atoms with Crippen molar-refractivity contribution in [2.75, 3.05) is 7.05 Å². The van der Waals surface area contributed by atoms with E-state index in [1.807, 2.05) is 0 Å². The van der Waals surface area contributed by atoms with E-state index >= 15 is 4.39 Å². The highest BCUT2D eigenvalue weighted by molar-refractivity contribution is 6.09. The van der Waals surface area contributed by atoms with Crippen molar-refractivity contribution in [3.63, 3.8) is 0 Å². The monoisotopic (exact) mass is 412 g/mol. The fourth-order valence-electron chi connectivity index (χ4n) is 3.40. The zero-order valence-electron chi connectivity index (χ0n) is 15.7. The van der Waals surface area contributed by atoms with Gasteiger partial charge in [0, 0.05) is 42.8 Å². The number of guanidine groups is 1. The molecule has 7 nitrogen and oxygen atoms in total. The highest BCUT2D eigenvalue weighted by atomic mass is 19.1. The third kappa shape index (κ3) is 2.88. The Balaban J connectivity index is 2.03. The molecule has 0 spiro atoms. The predicted octanol–water partition coefficient (Wildman–Crippen LogP) is 2.32. The Kier molecular flexibility index (Phi) is 4.69. The zero-order valence-corrected chi connectivity index (χ0v) is 15.7. The summed E-state index contributed by atoms with van der Waals surface area (Å²) < 4.78 is 42.9. The smallest absolute Gasteiger partial charge is 0.266 e. The van der Waals surface area contributed by atoms with Crippen molar-refractivity contribution >= 4 is 11.9 Å². The first-order valence-electron chi connectivity index (χ1n) is 8.79. The molecule has 1 aliphatic rings. The summed E-state index contributed by atoms with van der Waals surface area (Å²) in [5.41, 5.74) is 3.89. The number of nitrogens with two attached hydrogens (primary N) is 1. The van der Waals surface area contributed by atoms with E-state index in [4.69, 9.17) is 5.73 Å². The highest BCUT2D eigenvalue weighted by Gasteiger charge is 2.51. The lowest BCUT2D eigenvalue weighted by molar-refractivity contribution is -0.129. The van der Waals surface area contributed by atoms with Crippen LogP contribution in [-0.2, 0) is 17.0 Å². The summed E-state index contributed by atoms with van der Waals surface area (Å²) in [6.45, 7) is -0.899. The minimum Gasteiger partial charge on any atom is -0.369 e. The van der Waals surface area contributed by atoms with Gasteiger partial charge in [-0.1, -0.05) is 0 Å². The van der Waals surface area contributed by atoms with Gasteiger partial charge in [-0.3, -0.25) is 24.6 Å². The molecular formula is C20H15F3N6O. The first-order valence-corrected chi connectivity index (χ1v) is 8.79. The standard InChI is InChI=1S/C20H15F3N6O/c1-29-18(30)20(28-19(29)24,11-2-3-26-12(6-11)9-21)14-7-13(15(22)8-16(14)23)17-10-25-4-5-27-17/h2-8,10H,9H2,1H3,(H2,24,28). The maximum atomic E-state index is 15.1. The first kappa shape index (κ1) is 19.5. The van der Waals surface area contributed by atoms with E-state index in [0.717, 1.165) is 11.0 Å². The van der Waals surface area contributed by atoms with Crippen molar-refractivity contribution in [2.24, 2.45) is 10.7 Å². The number of halogens is 3. The molecule has 0 saturated heterocycles. The average molecular weight is 412 g/mol. The summed E-state index contributed by atoms with van der Waals surface area (Å²) in [7, 11) is 1.38. The number of rotatable bonds is 4. The number of amides is 1. The lowest BCUT2D eigenvalue weighted by Gasteiger charge is -2.27. The number of likely N-dealkylation sites (N-methyl/N-ethyl adjacent to an activating group) is 1. The van der Waals surface area contributed by atoms with E-state index in [0.29, 0.717) is 6.07 Å². The Morgan fingerprint density at radius 2 is 1.90 bits per heavy atom. The van der Waals surface area contributed by atoms with Gasteiger partial charge in [0.25, 0.3) is 5.91 Å². The molecule has 1 amide bonds. The largest absolute Gasteiger partial charge is 0.369 e. The van der Waals surface area contributed by atoms with Crippen LogP contribution < -0.4 is 5.73 Å². The first-order chi connectivity index (χ1) is 14.4. The van der Waals surface area contributed by atoms with Crippen LogP contribution in [0, 0.1) is 11.6 Å². The molecule has 0 saturated carbocycles. The molecule has 2 aromatic heterocycles. The normalized spacial score (nSPS) is 18.6. The number of aromatic nitrogens is 3. The number of pyridine rings is 1. The second kappa shape index (κ2) is 7.21. The summed E-state index contributed by atoms with van der Waals surface area (Å²) in [6, 6.07) is 4.52. The van der Waals surface area contributed by atoms with Gasteiger partial charge in [-0.15, -0.1) is 0 Å². The molecule has 0 radical (unpaired) electrons. The van der Waals surface area contributed by atoms with Gasteiger partial charge in [-0.05, 0) is 23.8 Å². The summed E-state index contributed by atoms with van der Waals surface area (Å²) in [5.74, 6) is -2.74. The van der Waals surface area contributed by atoms with Crippen LogP contribution in [0.25, 0.3) is 11.3 Å². The lowest BCUT2D eigenvalue weighted by atomic mass is 9.81. The quantitative estimate of drug-likeness (QED) is 0.709. The predicted molar refractivity (Wildman–Crippen MR) is 102 cm³/mol. The van der Waals surface area contributed by atoms with E-state index in [1.165, 1.54) is 44.0 Å². The van der Waals surface area contributed by atoms with Crippen molar-refractivity contribution < 1.29 is 18.0 Å². The van der Waals surface area contributed by atoms with Gasteiger partial charge >= 0.3 is 0 Å². The van der Waals surface area contributed by atoms with Crippen LogP contribution >= 0.6 is 0 Å². The SMILES string of the molecule is CN1C(=O)C(c2ccnc(CF)c2)(c2cc(-c3cnccn3)c(F)cc2F)N=C1N. The van der Waals surface area contributed by atoms with Crippen LogP contribution in [0.15, 0.2) is 54.0 Å². The molecule has 30 heavy (non-hydrogen) atoms. The summed E-state index contributed by atoms with van der Waals surface area (Å²) in [5, 5.41) is 0. The molecule has 3 heterocycles. The molecule has 152 valence electrons. The van der Waals surface area contributed by atoms with Gasteiger partial charge in [0.15, 0.2) is 11.5 Å². The lowest BCUT2D eigenvalue weighted by Crippen LogP contribution is -2.41. The minimum atomic E-state index is -1.97. The Morgan fingerprint density at radius 3 is 2.53 bits per heavy atom. The molecule has 3 aromatic rings. The number of carbonyl (C=O) groups is 1. The number of benzene rings is 1. The Labute approximate surface area is 169 Å². The Bertz CT molecular complexity index is 1170. The number of nitrogens with zero attached hydrogens (tertiary/aromatic N) is 5. The van der Waals surface area contributed by atoms with Gasteiger partial charge < -0.3 is 5.73 Å². The number of hydrogen-bond acceptors (Lipinski definition) is 6. The second-order valence-corrected chi connectivity index (χ2v) is 6.62. The molecule has 1 unspecified atom stereocenters. The van der Waals surface area contributed by atoms with Crippen molar-refractivity contribution in [1.82, 2.24) is 19.9 Å². The van der Waals surface area contributed by atoms with Crippen molar-refractivity contribution in [3.05, 3.63) is 77.5 Å². The maximum absolute atomic E-state index is 15.1. The number of carbonyl (C=O) groups excluding carboxylic acids is 1. The number of alkyl halides is 1. The molecule has 4 rings (SSSR count). The molecule has 0 aliphatic carbocycles. The second-order valence-electron chi connectivity index (χ2n) is 6.62. The van der Waals surface area contributed by atoms with Crippen molar-refractivity contribution in [2.45, 2.75) is 12.2 Å². The number of hydrogen-bond donors (Lipinski definition) is 1. The van der Waals surface area contributed by atoms with Crippen LogP contribution in [0.4, 0.5) is 13.2 Å². The minimum absolute atomic E-state index is 0.0275. The van der Waals surface area contributed by atoms with Crippen LogP contribution in [0.2, 0.25) is 0 Å². The van der Waals surface area contributed by atoms with Gasteiger partial charge in [-0.25, -0.2) is 18.2 Å². The van der Waals surface area contributed by atoms with Gasteiger partial charge in [0.2, 0.25) is 0 Å². The Hall–Kier alpha value is -3.82. The highest BCUT2D eigenvalue weighted by Crippen LogP contribution is 2.42. The van der Waals surface area contributed by atoms with Gasteiger partial charge in [0.1, 0.15) is 18.3 Å². The Morgan fingerprint density at radius 1 is 1.10 bits per heavy atom. The van der Waals surface area contributed by atoms with Crippen LogP contribution in [-0.4, -0.2) is 38.8 Å². The van der Waals surface area contributed by atoms with E-state index in [2.05, 4.69) is 19.9 Å². The molecular weight excluding hydrogens is 397 g/mol. The zero-order chi connectivity index (χ0) is 21.5. The third-order valence-electron chi connectivity index (χ3n) is 4.90. The van der Waals surface area contributed by atoms with E-state index < -0.39 is 29.8 Å².